The Morgan fingerprint density at radius 3 is 2.63 bits per heavy atom. The number of anilines is 1. The fourth-order valence-electron chi connectivity index (χ4n) is 1.23. The van der Waals surface area contributed by atoms with Crippen molar-refractivity contribution in [1.29, 1.82) is 0 Å². The highest BCUT2D eigenvalue weighted by molar-refractivity contribution is 6.36. The minimum absolute atomic E-state index is 0.313. The lowest BCUT2D eigenvalue weighted by Gasteiger charge is -2.13. The van der Waals surface area contributed by atoms with Crippen molar-refractivity contribution in [2.75, 3.05) is 5.32 Å². The molecule has 0 fully saturated rings. The van der Waals surface area contributed by atoms with Gasteiger partial charge in [-0.3, -0.25) is 4.79 Å². The molecule has 0 radical (unpaired) electrons. The number of nitrogens with one attached hydrogen (secondary N) is 1. The molecule has 0 saturated carbocycles. The SMILES string of the molecule is C/C=C/C(=O)OC(C)C(=O)Nc1ccc(Cl)cc1Cl. The zero-order valence-electron chi connectivity index (χ0n) is 10.4. The van der Waals surface area contributed by atoms with Crippen molar-refractivity contribution in [2.24, 2.45) is 0 Å². The van der Waals surface area contributed by atoms with Gasteiger partial charge in [-0.05, 0) is 32.0 Å². The van der Waals surface area contributed by atoms with Gasteiger partial charge in [-0.25, -0.2) is 4.79 Å². The maximum atomic E-state index is 11.8. The minimum Gasteiger partial charge on any atom is -0.449 e. The summed E-state index contributed by atoms with van der Waals surface area (Å²) in [6.07, 6.45) is 1.85. The van der Waals surface area contributed by atoms with Gasteiger partial charge in [0.05, 0.1) is 10.7 Å². The monoisotopic (exact) mass is 301 g/mol. The highest BCUT2D eigenvalue weighted by atomic mass is 35.5. The van der Waals surface area contributed by atoms with Gasteiger partial charge in [-0.1, -0.05) is 29.3 Å². The van der Waals surface area contributed by atoms with Crippen LogP contribution in [0.1, 0.15) is 13.8 Å². The third-order valence-electron chi connectivity index (χ3n) is 2.15. The van der Waals surface area contributed by atoms with E-state index in [9.17, 15) is 9.59 Å². The van der Waals surface area contributed by atoms with Crippen LogP contribution in [0.2, 0.25) is 10.0 Å². The fourth-order valence-corrected chi connectivity index (χ4v) is 1.68. The van der Waals surface area contributed by atoms with Gasteiger partial charge in [0.25, 0.3) is 5.91 Å². The van der Waals surface area contributed by atoms with Gasteiger partial charge in [0.15, 0.2) is 6.10 Å². The Morgan fingerprint density at radius 1 is 1.37 bits per heavy atom. The number of hydrogen-bond donors (Lipinski definition) is 1. The Morgan fingerprint density at radius 2 is 2.05 bits per heavy atom. The third-order valence-corrected chi connectivity index (χ3v) is 2.70. The van der Waals surface area contributed by atoms with E-state index in [0.29, 0.717) is 15.7 Å². The first-order valence-corrected chi connectivity index (χ1v) is 6.29. The Labute approximate surface area is 121 Å². The van der Waals surface area contributed by atoms with Crippen LogP contribution in [0.3, 0.4) is 0 Å². The maximum absolute atomic E-state index is 11.8. The van der Waals surface area contributed by atoms with Crippen LogP contribution in [-0.4, -0.2) is 18.0 Å². The third kappa shape index (κ3) is 4.93. The summed E-state index contributed by atoms with van der Waals surface area (Å²) in [5.74, 6) is -1.05. The molecule has 0 spiro atoms. The van der Waals surface area contributed by atoms with E-state index in [4.69, 9.17) is 27.9 Å². The smallest absolute Gasteiger partial charge is 0.331 e. The molecule has 19 heavy (non-hydrogen) atoms. The average molecular weight is 302 g/mol. The van der Waals surface area contributed by atoms with Crippen LogP contribution in [0.5, 0.6) is 0 Å². The number of amides is 1. The van der Waals surface area contributed by atoms with Crippen LogP contribution in [0.15, 0.2) is 30.4 Å². The quantitative estimate of drug-likeness (QED) is 0.684. The predicted molar refractivity (Wildman–Crippen MR) is 75.5 cm³/mol. The molecule has 4 nitrogen and oxygen atoms in total. The number of halogens is 2. The molecule has 6 heteroatoms. The molecule has 1 amide bonds. The lowest BCUT2D eigenvalue weighted by atomic mass is 10.3. The average Bonchev–Trinajstić information content (AvgIpc) is 2.32. The molecule has 102 valence electrons. The second kappa shape index (κ2) is 7.16. The number of rotatable bonds is 4. The van der Waals surface area contributed by atoms with Crippen molar-refractivity contribution < 1.29 is 14.3 Å². The van der Waals surface area contributed by atoms with Gasteiger partial charge in [0.2, 0.25) is 0 Å². The molecule has 1 unspecified atom stereocenters. The molecule has 0 saturated heterocycles. The van der Waals surface area contributed by atoms with Gasteiger partial charge in [-0.2, -0.15) is 0 Å². The lowest BCUT2D eigenvalue weighted by molar-refractivity contribution is -0.148. The molecule has 0 heterocycles. The zero-order valence-corrected chi connectivity index (χ0v) is 12.0. The first-order chi connectivity index (χ1) is 8.93. The summed E-state index contributed by atoms with van der Waals surface area (Å²) in [5, 5.41) is 3.33. The van der Waals surface area contributed by atoms with Gasteiger partial charge < -0.3 is 10.1 Å². The molecule has 1 rings (SSSR count). The second-order valence-corrected chi connectivity index (χ2v) is 4.54. The summed E-state index contributed by atoms with van der Waals surface area (Å²) in [6.45, 7) is 3.15. The Hall–Kier alpha value is -1.52. The predicted octanol–water partition coefficient (Wildman–Crippen LogP) is 3.44. The first kappa shape index (κ1) is 15.5. The summed E-state index contributed by atoms with van der Waals surface area (Å²) in [4.78, 5) is 23.0. The Bertz CT molecular complexity index is 515. The number of carbonyl (C=O) groups excluding carboxylic acids is 2. The molecular formula is C13H13Cl2NO3. The van der Waals surface area contributed by atoms with E-state index in [1.807, 2.05) is 0 Å². The Kier molecular flexibility index (Phi) is 5.86. The number of benzene rings is 1. The van der Waals surface area contributed by atoms with Crippen molar-refractivity contribution >= 4 is 40.8 Å². The van der Waals surface area contributed by atoms with Crippen LogP contribution in [0.4, 0.5) is 5.69 Å². The van der Waals surface area contributed by atoms with Crippen LogP contribution in [-0.2, 0) is 14.3 Å². The molecular weight excluding hydrogens is 289 g/mol. The molecule has 0 aliphatic rings. The summed E-state index contributed by atoms with van der Waals surface area (Å²) in [7, 11) is 0. The summed E-state index contributed by atoms with van der Waals surface area (Å²) in [6, 6.07) is 4.68. The largest absolute Gasteiger partial charge is 0.449 e. The molecule has 1 N–H and O–H groups in total. The normalized spacial score (nSPS) is 12.2. The first-order valence-electron chi connectivity index (χ1n) is 5.53. The van der Waals surface area contributed by atoms with E-state index in [2.05, 4.69) is 5.32 Å². The zero-order chi connectivity index (χ0) is 14.4. The Balaban J connectivity index is 2.66. The maximum Gasteiger partial charge on any atom is 0.331 e. The van der Waals surface area contributed by atoms with Gasteiger partial charge >= 0.3 is 5.97 Å². The summed E-state index contributed by atoms with van der Waals surface area (Å²) in [5.41, 5.74) is 0.407. The van der Waals surface area contributed by atoms with E-state index in [0.717, 1.165) is 0 Å². The van der Waals surface area contributed by atoms with Gasteiger partial charge in [0, 0.05) is 11.1 Å². The van der Waals surface area contributed by atoms with Crippen molar-refractivity contribution in [1.82, 2.24) is 0 Å². The molecule has 1 aromatic rings. The van der Waals surface area contributed by atoms with Crippen molar-refractivity contribution in [3.8, 4) is 0 Å². The standard InChI is InChI=1S/C13H13Cl2NO3/c1-3-4-12(17)19-8(2)13(18)16-11-6-5-9(14)7-10(11)15/h3-8H,1-2H3,(H,16,18)/b4-3+. The number of allylic oxidation sites excluding steroid dienone is 1. The van der Waals surface area contributed by atoms with E-state index >= 15 is 0 Å². The summed E-state index contributed by atoms with van der Waals surface area (Å²) >= 11 is 11.7. The molecule has 0 aromatic heterocycles. The second-order valence-electron chi connectivity index (χ2n) is 3.69. The van der Waals surface area contributed by atoms with E-state index < -0.39 is 18.0 Å². The number of esters is 1. The van der Waals surface area contributed by atoms with Crippen LogP contribution >= 0.6 is 23.2 Å². The van der Waals surface area contributed by atoms with Crippen LogP contribution < -0.4 is 5.32 Å². The number of ether oxygens (including phenoxy) is 1. The topological polar surface area (TPSA) is 55.4 Å². The van der Waals surface area contributed by atoms with Crippen molar-refractivity contribution in [3.63, 3.8) is 0 Å². The fraction of sp³-hybridized carbons (Fsp3) is 0.231. The van der Waals surface area contributed by atoms with Crippen molar-refractivity contribution in [3.05, 3.63) is 40.4 Å². The van der Waals surface area contributed by atoms with E-state index in [1.54, 1.807) is 19.1 Å². The van der Waals surface area contributed by atoms with Crippen LogP contribution in [0, 0.1) is 0 Å². The molecule has 1 atom stereocenters. The van der Waals surface area contributed by atoms with E-state index in [-0.39, 0.29) is 0 Å². The van der Waals surface area contributed by atoms with Gasteiger partial charge in [-0.15, -0.1) is 0 Å². The lowest BCUT2D eigenvalue weighted by Crippen LogP contribution is -2.29. The highest BCUT2D eigenvalue weighted by Crippen LogP contribution is 2.25. The number of hydrogen-bond acceptors (Lipinski definition) is 3. The van der Waals surface area contributed by atoms with Gasteiger partial charge in [0.1, 0.15) is 0 Å². The van der Waals surface area contributed by atoms with Crippen LogP contribution in [0.25, 0.3) is 0 Å². The van der Waals surface area contributed by atoms with E-state index in [1.165, 1.54) is 25.1 Å². The van der Waals surface area contributed by atoms with Crippen molar-refractivity contribution in [2.45, 2.75) is 20.0 Å². The molecule has 0 aliphatic heterocycles. The minimum atomic E-state index is -0.921. The molecule has 1 aromatic carbocycles. The number of carbonyl (C=O) groups is 2. The highest BCUT2D eigenvalue weighted by Gasteiger charge is 2.17. The summed E-state index contributed by atoms with van der Waals surface area (Å²) < 4.78 is 4.88. The molecule has 0 aliphatic carbocycles. The molecule has 0 bridgehead atoms.